The third-order valence-corrected chi connectivity index (χ3v) is 6.15. The molecule has 0 spiro atoms. The van der Waals surface area contributed by atoms with Gasteiger partial charge in [-0.05, 0) is 37.0 Å². The normalized spacial score (nSPS) is 15.9. The Bertz CT molecular complexity index is 1270. The molecule has 37 heavy (non-hydrogen) atoms. The van der Waals surface area contributed by atoms with Crippen LogP contribution in [-0.2, 0) is 25.7 Å². The Morgan fingerprint density at radius 2 is 1.76 bits per heavy atom. The second kappa shape index (κ2) is 12.0. The molecule has 2 aromatic carbocycles. The standard InChI is InChI=1S/C27H28N4O6/c32-23(16-30-26(35)22-14-18-9-4-5-11-21(18)37-22)31-20(13-19-10-6-12-28-25(19)34)24(33)27(36)29-15-17-7-2-1-3-8-17/h1-5,7-9,11,14,19-20H,6,10,12-13,15-16H2,(H,28,34)(H,29,36)(H,30,35)(H,31,32)/t19-,20-/m0/s1. The number of Topliss-reactive ketones (excluding diaryl/α,β-unsaturated/α-hetero) is 1. The van der Waals surface area contributed by atoms with Crippen LogP contribution in [0.3, 0.4) is 0 Å². The number of furan rings is 1. The second-order valence-electron chi connectivity index (χ2n) is 8.85. The van der Waals surface area contributed by atoms with E-state index in [9.17, 15) is 24.0 Å². The van der Waals surface area contributed by atoms with Crippen molar-refractivity contribution in [2.24, 2.45) is 5.92 Å². The van der Waals surface area contributed by atoms with Crippen LogP contribution in [0.2, 0.25) is 0 Å². The summed E-state index contributed by atoms with van der Waals surface area (Å²) in [7, 11) is 0. The summed E-state index contributed by atoms with van der Waals surface area (Å²) in [5.41, 5.74) is 1.35. The summed E-state index contributed by atoms with van der Waals surface area (Å²) in [5.74, 6) is -3.68. The second-order valence-corrected chi connectivity index (χ2v) is 8.85. The molecular weight excluding hydrogens is 476 g/mol. The van der Waals surface area contributed by atoms with Gasteiger partial charge in [-0.2, -0.15) is 0 Å². The van der Waals surface area contributed by atoms with Crippen LogP contribution in [0.4, 0.5) is 0 Å². The first kappa shape index (κ1) is 25.6. The van der Waals surface area contributed by atoms with Gasteiger partial charge in [-0.3, -0.25) is 24.0 Å². The number of rotatable bonds is 10. The summed E-state index contributed by atoms with van der Waals surface area (Å²) in [6.45, 7) is 0.247. The highest BCUT2D eigenvalue weighted by Crippen LogP contribution is 2.19. The summed E-state index contributed by atoms with van der Waals surface area (Å²) in [4.78, 5) is 63.0. The number of benzene rings is 2. The van der Waals surface area contributed by atoms with Crippen molar-refractivity contribution in [3.63, 3.8) is 0 Å². The fourth-order valence-corrected chi connectivity index (χ4v) is 4.19. The molecule has 1 aliphatic rings. The van der Waals surface area contributed by atoms with Crippen molar-refractivity contribution >= 4 is 40.4 Å². The molecule has 10 nitrogen and oxygen atoms in total. The van der Waals surface area contributed by atoms with Gasteiger partial charge in [0.25, 0.3) is 11.8 Å². The van der Waals surface area contributed by atoms with Crippen LogP contribution in [-0.4, -0.2) is 48.5 Å². The largest absolute Gasteiger partial charge is 0.451 e. The Labute approximate surface area is 213 Å². The number of carbonyl (C=O) groups is 5. The molecule has 4 rings (SSSR count). The quantitative estimate of drug-likeness (QED) is 0.307. The average Bonchev–Trinajstić information content (AvgIpc) is 3.36. The Balaban J connectivity index is 1.37. The van der Waals surface area contributed by atoms with E-state index in [2.05, 4.69) is 21.3 Å². The molecule has 192 valence electrons. The molecule has 1 aliphatic heterocycles. The molecule has 1 saturated heterocycles. The predicted octanol–water partition coefficient (Wildman–Crippen LogP) is 1.45. The van der Waals surface area contributed by atoms with Crippen molar-refractivity contribution in [2.75, 3.05) is 13.1 Å². The van der Waals surface area contributed by atoms with Gasteiger partial charge >= 0.3 is 0 Å². The molecule has 4 amide bonds. The van der Waals surface area contributed by atoms with E-state index in [1.54, 1.807) is 36.4 Å². The Morgan fingerprint density at radius 1 is 1.00 bits per heavy atom. The van der Waals surface area contributed by atoms with Gasteiger partial charge < -0.3 is 25.7 Å². The zero-order valence-electron chi connectivity index (χ0n) is 20.1. The number of ketones is 1. The number of hydrogen-bond donors (Lipinski definition) is 4. The lowest BCUT2D eigenvalue weighted by atomic mass is 9.90. The van der Waals surface area contributed by atoms with Crippen molar-refractivity contribution in [3.05, 3.63) is 72.0 Å². The maximum atomic E-state index is 13.0. The van der Waals surface area contributed by atoms with Gasteiger partial charge in [-0.15, -0.1) is 0 Å². The van der Waals surface area contributed by atoms with E-state index in [0.717, 1.165) is 17.4 Å². The first-order chi connectivity index (χ1) is 17.9. The monoisotopic (exact) mass is 504 g/mol. The fourth-order valence-electron chi connectivity index (χ4n) is 4.19. The van der Waals surface area contributed by atoms with Gasteiger partial charge in [-0.25, -0.2) is 0 Å². The van der Waals surface area contributed by atoms with Crippen molar-refractivity contribution in [1.82, 2.24) is 21.3 Å². The zero-order valence-corrected chi connectivity index (χ0v) is 20.1. The van der Waals surface area contributed by atoms with Crippen LogP contribution in [0, 0.1) is 5.92 Å². The summed E-state index contributed by atoms with van der Waals surface area (Å²) >= 11 is 0. The lowest BCUT2D eigenvalue weighted by Crippen LogP contribution is -2.52. The molecule has 2 heterocycles. The Morgan fingerprint density at radius 3 is 2.51 bits per heavy atom. The first-order valence-electron chi connectivity index (χ1n) is 12.1. The summed E-state index contributed by atoms with van der Waals surface area (Å²) in [6.07, 6.45) is 1.26. The molecule has 0 saturated carbocycles. The third kappa shape index (κ3) is 6.81. The fraction of sp³-hybridized carbons (Fsp3) is 0.296. The number of piperidine rings is 1. The van der Waals surface area contributed by atoms with Crippen molar-refractivity contribution < 1.29 is 28.4 Å². The highest BCUT2D eigenvalue weighted by Gasteiger charge is 2.33. The maximum absolute atomic E-state index is 13.0. The van der Waals surface area contributed by atoms with E-state index in [1.165, 1.54) is 0 Å². The van der Waals surface area contributed by atoms with Gasteiger partial charge in [0.2, 0.25) is 17.6 Å². The van der Waals surface area contributed by atoms with Crippen LogP contribution < -0.4 is 21.3 Å². The molecule has 1 aromatic heterocycles. The van der Waals surface area contributed by atoms with E-state index in [0.29, 0.717) is 18.5 Å². The SMILES string of the molecule is O=C(CNC(=O)c1cc2ccccc2o1)N[C@@H](C[C@@H]1CCCNC1=O)C(=O)C(=O)NCc1ccccc1. The molecule has 1 fully saturated rings. The topological polar surface area (TPSA) is 147 Å². The molecule has 10 heteroatoms. The highest BCUT2D eigenvalue weighted by atomic mass is 16.3. The van der Waals surface area contributed by atoms with Gasteiger partial charge in [0.1, 0.15) is 5.58 Å². The van der Waals surface area contributed by atoms with Crippen LogP contribution in [0.1, 0.15) is 35.4 Å². The van der Waals surface area contributed by atoms with Gasteiger partial charge in [0.15, 0.2) is 5.76 Å². The van der Waals surface area contributed by atoms with Crippen LogP contribution in [0.25, 0.3) is 11.0 Å². The smallest absolute Gasteiger partial charge is 0.289 e. The van der Waals surface area contributed by atoms with Gasteiger partial charge in [-0.1, -0.05) is 48.5 Å². The number of nitrogens with one attached hydrogen (secondary N) is 4. The van der Waals surface area contributed by atoms with E-state index < -0.39 is 42.0 Å². The molecule has 0 unspecified atom stereocenters. The lowest BCUT2D eigenvalue weighted by Gasteiger charge is -2.26. The molecule has 4 N–H and O–H groups in total. The average molecular weight is 505 g/mol. The Hall–Kier alpha value is -4.47. The third-order valence-electron chi connectivity index (χ3n) is 6.15. The van der Waals surface area contributed by atoms with Crippen molar-refractivity contribution in [3.8, 4) is 0 Å². The molecule has 0 bridgehead atoms. The minimum atomic E-state index is -1.22. The number of carbonyl (C=O) groups excluding carboxylic acids is 5. The van der Waals surface area contributed by atoms with Crippen molar-refractivity contribution in [1.29, 1.82) is 0 Å². The molecule has 0 radical (unpaired) electrons. The van der Waals surface area contributed by atoms with Gasteiger partial charge in [0.05, 0.1) is 12.6 Å². The molecule has 0 aliphatic carbocycles. The van der Waals surface area contributed by atoms with Crippen molar-refractivity contribution in [2.45, 2.75) is 31.8 Å². The zero-order chi connectivity index (χ0) is 26.2. The molecular formula is C27H28N4O6. The van der Waals surface area contributed by atoms with Crippen LogP contribution >= 0.6 is 0 Å². The number of amides is 4. The minimum absolute atomic E-state index is 0.0211. The summed E-state index contributed by atoms with van der Waals surface area (Å²) in [5, 5.41) is 11.0. The summed E-state index contributed by atoms with van der Waals surface area (Å²) in [6, 6.07) is 16.5. The van der Waals surface area contributed by atoms with Crippen LogP contribution in [0.15, 0.2) is 65.1 Å². The molecule has 2 atom stereocenters. The van der Waals surface area contributed by atoms with Gasteiger partial charge in [0, 0.05) is 24.4 Å². The maximum Gasteiger partial charge on any atom is 0.289 e. The number of fused-ring (bicyclic) bond motifs is 1. The number of para-hydroxylation sites is 1. The predicted molar refractivity (Wildman–Crippen MR) is 134 cm³/mol. The first-order valence-corrected chi connectivity index (χ1v) is 12.1. The minimum Gasteiger partial charge on any atom is -0.451 e. The van der Waals surface area contributed by atoms with E-state index in [1.807, 2.05) is 24.3 Å². The highest BCUT2D eigenvalue weighted by molar-refractivity contribution is 6.38. The number of hydrogen-bond acceptors (Lipinski definition) is 6. The van der Waals surface area contributed by atoms with E-state index >= 15 is 0 Å². The lowest BCUT2D eigenvalue weighted by molar-refractivity contribution is -0.141. The molecule has 3 aromatic rings. The van der Waals surface area contributed by atoms with E-state index in [4.69, 9.17) is 4.42 Å². The van der Waals surface area contributed by atoms with Crippen LogP contribution in [0.5, 0.6) is 0 Å². The summed E-state index contributed by atoms with van der Waals surface area (Å²) < 4.78 is 5.49. The Kier molecular flexibility index (Phi) is 8.29. The van der Waals surface area contributed by atoms with E-state index in [-0.39, 0.29) is 24.6 Å².